The van der Waals surface area contributed by atoms with Gasteiger partial charge in [-0.2, -0.15) is 4.37 Å². The maximum Gasteiger partial charge on any atom is 0.187 e. The maximum atomic E-state index is 12.3. The van der Waals surface area contributed by atoms with Gasteiger partial charge in [0.2, 0.25) is 0 Å². The van der Waals surface area contributed by atoms with Gasteiger partial charge in [-0.3, -0.25) is 0 Å². The summed E-state index contributed by atoms with van der Waals surface area (Å²) >= 11 is 1.10. The van der Waals surface area contributed by atoms with Gasteiger partial charge in [0.05, 0.1) is 5.25 Å². The van der Waals surface area contributed by atoms with Crippen LogP contribution in [0.4, 0.5) is 10.8 Å². The van der Waals surface area contributed by atoms with E-state index in [1.807, 2.05) is 6.92 Å². The molecule has 1 aromatic rings. The number of hydrogen-bond acceptors (Lipinski definition) is 7. The van der Waals surface area contributed by atoms with Gasteiger partial charge in [0.15, 0.2) is 15.7 Å². The number of anilines is 2. The van der Waals surface area contributed by atoms with Crippen LogP contribution in [0.3, 0.4) is 0 Å². The van der Waals surface area contributed by atoms with Gasteiger partial charge in [0.1, 0.15) is 9.90 Å². The van der Waals surface area contributed by atoms with E-state index in [-0.39, 0.29) is 22.0 Å². The van der Waals surface area contributed by atoms with E-state index in [1.165, 1.54) is 0 Å². The molecule has 0 amide bonds. The minimum atomic E-state index is -3.32. The number of rotatable bonds is 7. The van der Waals surface area contributed by atoms with Gasteiger partial charge in [-0.15, -0.1) is 0 Å². The minimum absolute atomic E-state index is 0.105. The molecular formula is C11H19N3O3S2. The molecule has 0 aromatic carbocycles. The largest absolute Gasteiger partial charge is 0.385 e. The molecule has 0 saturated heterocycles. The molecule has 1 aromatic heterocycles. The molecule has 1 atom stereocenters. The zero-order valence-corrected chi connectivity index (χ0v) is 12.7. The SMILES string of the molecule is COCCC(C)Nc1snc(N)c1S(=O)(=O)C1CC1. The average molecular weight is 305 g/mol. The van der Waals surface area contributed by atoms with Crippen LogP contribution < -0.4 is 11.1 Å². The highest BCUT2D eigenvalue weighted by molar-refractivity contribution is 7.92. The highest BCUT2D eigenvalue weighted by Crippen LogP contribution is 2.41. The van der Waals surface area contributed by atoms with Crippen molar-refractivity contribution in [3.63, 3.8) is 0 Å². The fourth-order valence-electron chi connectivity index (χ4n) is 1.80. The monoisotopic (exact) mass is 305 g/mol. The Bertz CT molecular complexity index is 537. The summed E-state index contributed by atoms with van der Waals surface area (Å²) in [5, 5.41) is 3.44. The predicted molar refractivity (Wildman–Crippen MR) is 76.3 cm³/mol. The maximum absolute atomic E-state index is 12.3. The topological polar surface area (TPSA) is 94.3 Å². The van der Waals surface area contributed by atoms with Crippen LogP contribution in [0.25, 0.3) is 0 Å². The van der Waals surface area contributed by atoms with Gasteiger partial charge in [-0.05, 0) is 37.7 Å². The summed E-state index contributed by atoms with van der Waals surface area (Å²) in [5.74, 6) is 0.110. The zero-order chi connectivity index (χ0) is 14.0. The molecule has 8 heteroatoms. The molecule has 108 valence electrons. The number of aromatic nitrogens is 1. The van der Waals surface area contributed by atoms with E-state index in [2.05, 4.69) is 9.69 Å². The molecule has 1 saturated carbocycles. The Kier molecular flexibility index (Phi) is 4.32. The number of sulfone groups is 1. The third-order valence-electron chi connectivity index (χ3n) is 3.05. The third-order valence-corrected chi connectivity index (χ3v) is 6.31. The molecule has 1 fully saturated rings. The van der Waals surface area contributed by atoms with Gasteiger partial charge in [0, 0.05) is 19.8 Å². The van der Waals surface area contributed by atoms with Gasteiger partial charge in [-0.1, -0.05) is 0 Å². The predicted octanol–water partition coefficient (Wildman–Crippen LogP) is 1.50. The summed E-state index contributed by atoms with van der Waals surface area (Å²) in [5.41, 5.74) is 5.72. The molecule has 2 rings (SSSR count). The number of hydrogen-bond donors (Lipinski definition) is 2. The Labute approximate surface area is 117 Å². The number of ether oxygens (including phenoxy) is 1. The normalized spacial score (nSPS) is 17.4. The molecule has 0 spiro atoms. The van der Waals surface area contributed by atoms with Gasteiger partial charge in [-0.25, -0.2) is 8.42 Å². The van der Waals surface area contributed by atoms with Crippen molar-refractivity contribution in [2.75, 3.05) is 24.8 Å². The lowest BCUT2D eigenvalue weighted by molar-refractivity contribution is 0.191. The van der Waals surface area contributed by atoms with Crippen molar-refractivity contribution in [2.24, 2.45) is 0 Å². The summed E-state index contributed by atoms with van der Waals surface area (Å²) < 4.78 is 33.6. The third kappa shape index (κ3) is 3.18. The van der Waals surface area contributed by atoms with E-state index in [9.17, 15) is 8.42 Å². The van der Waals surface area contributed by atoms with Crippen LogP contribution >= 0.6 is 11.5 Å². The van der Waals surface area contributed by atoms with Gasteiger partial charge in [0.25, 0.3) is 0 Å². The molecule has 19 heavy (non-hydrogen) atoms. The summed E-state index contributed by atoms with van der Waals surface area (Å²) in [6.45, 7) is 2.59. The first-order valence-electron chi connectivity index (χ1n) is 6.21. The zero-order valence-electron chi connectivity index (χ0n) is 11.0. The van der Waals surface area contributed by atoms with E-state index >= 15 is 0 Å². The molecular weight excluding hydrogens is 286 g/mol. The number of nitrogens with two attached hydrogens (primary N) is 1. The second-order valence-corrected chi connectivity index (χ2v) is 7.74. The molecule has 6 nitrogen and oxygen atoms in total. The number of nitrogens with zero attached hydrogens (tertiary/aromatic N) is 1. The van der Waals surface area contributed by atoms with Crippen LogP contribution in [0.1, 0.15) is 26.2 Å². The van der Waals surface area contributed by atoms with Crippen LogP contribution in [0.5, 0.6) is 0 Å². The molecule has 1 aliphatic rings. The Morgan fingerprint density at radius 1 is 1.58 bits per heavy atom. The molecule has 1 heterocycles. The minimum Gasteiger partial charge on any atom is -0.385 e. The van der Waals surface area contributed by atoms with E-state index in [4.69, 9.17) is 10.5 Å². The highest BCUT2D eigenvalue weighted by Gasteiger charge is 2.40. The summed E-state index contributed by atoms with van der Waals surface area (Å²) in [6.07, 6.45) is 2.23. The second kappa shape index (κ2) is 5.64. The van der Waals surface area contributed by atoms with E-state index in [0.29, 0.717) is 11.6 Å². The molecule has 1 aliphatic carbocycles. The van der Waals surface area contributed by atoms with Gasteiger partial charge >= 0.3 is 0 Å². The number of methoxy groups -OCH3 is 1. The van der Waals surface area contributed by atoms with E-state index in [0.717, 1.165) is 30.8 Å². The first kappa shape index (κ1) is 14.5. The number of nitrogens with one attached hydrogen (secondary N) is 1. The van der Waals surface area contributed by atoms with Crippen molar-refractivity contribution in [3.8, 4) is 0 Å². The fourth-order valence-corrected chi connectivity index (χ4v) is 4.78. The Balaban J connectivity index is 2.18. The molecule has 0 aliphatic heterocycles. The smallest absolute Gasteiger partial charge is 0.187 e. The lowest BCUT2D eigenvalue weighted by Crippen LogP contribution is -2.19. The van der Waals surface area contributed by atoms with Crippen LogP contribution in [0.15, 0.2) is 4.90 Å². The van der Waals surface area contributed by atoms with Crippen LogP contribution in [0, 0.1) is 0 Å². The fraction of sp³-hybridized carbons (Fsp3) is 0.727. The summed E-state index contributed by atoms with van der Waals surface area (Å²) in [4.78, 5) is 0.185. The first-order chi connectivity index (χ1) is 8.96. The van der Waals surface area contributed by atoms with Gasteiger partial charge < -0.3 is 15.8 Å². The molecule has 0 radical (unpaired) electrons. The van der Waals surface area contributed by atoms with Crippen LogP contribution in [-0.2, 0) is 14.6 Å². The quantitative estimate of drug-likeness (QED) is 0.793. The highest BCUT2D eigenvalue weighted by atomic mass is 32.2. The second-order valence-electron chi connectivity index (χ2n) is 4.80. The molecule has 0 bridgehead atoms. The van der Waals surface area contributed by atoms with Crippen molar-refractivity contribution in [1.29, 1.82) is 0 Å². The molecule has 1 unspecified atom stereocenters. The number of nitrogen functional groups attached to an aromatic ring is 1. The molecule has 3 N–H and O–H groups in total. The van der Waals surface area contributed by atoms with Crippen molar-refractivity contribution in [2.45, 2.75) is 42.4 Å². The van der Waals surface area contributed by atoms with Crippen molar-refractivity contribution < 1.29 is 13.2 Å². The Morgan fingerprint density at radius 2 is 2.26 bits per heavy atom. The lowest BCUT2D eigenvalue weighted by Gasteiger charge is -2.14. The van der Waals surface area contributed by atoms with Crippen LogP contribution in [0.2, 0.25) is 0 Å². The Morgan fingerprint density at radius 3 is 2.84 bits per heavy atom. The van der Waals surface area contributed by atoms with Crippen molar-refractivity contribution in [1.82, 2.24) is 4.37 Å². The Hall–Kier alpha value is -0.860. The van der Waals surface area contributed by atoms with E-state index in [1.54, 1.807) is 7.11 Å². The average Bonchev–Trinajstić information content (AvgIpc) is 3.13. The van der Waals surface area contributed by atoms with Crippen molar-refractivity contribution >= 4 is 32.2 Å². The summed E-state index contributed by atoms with van der Waals surface area (Å²) in [6, 6.07) is 0.105. The van der Waals surface area contributed by atoms with E-state index < -0.39 is 9.84 Å². The summed E-state index contributed by atoms with van der Waals surface area (Å²) in [7, 11) is -1.68. The van der Waals surface area contributed by atoms with Crippen LogP contribution in [-0.4, -0.2) is 37.8 Å². The van der Waals surface area contributed by atoms with Crippen molar-refractivity contribution in [3.05, 3.63) is 0 Å². The standard InChI is InChI=1S/C11H19N3O3S2/c1-7(5-6-17-2)13-11-9(10(12)14-18-11)19(15,16)8-3-4-8/h7-8,13H,3-6H2,1-2H3,(H2,12,14). The first-order valence-corrected chi connectivity index (χ1v) is 8.53. The lowest BCUT2D eigenvalue weighted by atomic mass is 10.2.